The van der Waals surface area contributed by atoms with Crippen molar-refractivity contribution in [2.45, 2.75) is 26.4 Å². The maximum Gasteiger partial charge on any atom is 0.407 e. The number of rotatable bonds is 10. The molecule has 1 aromatic rings. The summed E-state index contributed by atoms with van der Waals surface area (Å²) in [6.45, 7) is 7.80. The molecule has 3 amide bonds. The Morgan fingerprint density at radius 2 is 1.82 bits per heavy atom. The summed E-state index contributed by atoms with van der Waals surface area (Å²) in [5.74, 6) is 4.94. The third-order valence-electron chi connectivity index (χ3n) is 5.26. The first-order chi connectivity index (χ1) is 18.4. The maximum atomic E-state index is 11.7. The van der Waals surface area contributed by atoms with Gasteiger partial charge in [-0.2, -0.15) is 0 Å². The molecule has 0 aromatic heterocycles. The highest BCUT2D eigenvalue weighted by atomic mass is 16.6. The summed E-state index contributed by atoms with van der Waals surface area (Å²) < 4.78 is 10.8. The molecule has 1 saturated heterocycles. The second kappa shape index (κ2) is 14.4. The summed E-state index contributed by atoms with van der Waals surface area (Å²) in [6, 6.07) is 2.37. The summed E-state index contributed by atoms with van der Waals surface area (Å²) >= 11 is 0. The number of nitrogens with one attached hydrogen (secondary N) is 2. The fourth-order valence-corrected chi connectivity index (χ4v) is 3.39. The van der Waals surface area contributed by atoms with E-state index in [1.807, 2.05) is 4.90 Å². The predicted octanol–water partition coefficient (Wildman–Crippen LogP) is 1.86. The average molecular weight is 547 g/mol. The van der Waals surface area contributed by atoms with Crippen LogP contribution in [0.2, 0.25) is 0 Å². The van der Waals surface area contributed by atoms with Crippen molar-refractivity contribution in [2.75, 3.05) is 57.7 Å². The number of nitro groups is 1. The van der Waals surface area contributed by atoms with Crippen LogP contribution in [0.1, 0.15) is 31.1 Å². The van der Waals surface area contributed by atoms with Gasteiger partial charge in [-0.05, 0) is 26.8 Å². The molecule has 0 spiro atoms. The van der Waals surface area contributed by atoms with Crippen LogP contribution in [0.3, 0.4) is 0 Å². The summed E-state index contributed by atoms with van der Waals surface area (Å²) in [5, 5.41) is 26.2. The Bertz CT molecular complexity index is 1140. The molecule has 14 nitrogen and oxygen atoms in total. The summed E-state index contributed by atoms with van der Waals surface area (Å²) in [6.07, 6.45) is 1.77. The van der Waals surface area contributed by atoms with Gasteiger partial charge in [-0.25, -0.2) is 9.59 Å². The van der Waals surface area contributed by atoms with Gasteiger partial charge in [-0.3, -0.25) is 19.8 Å². The quantitative estimate of drug-likeness (QED) is 0.146. The van der Waals surface area contributed by atoms with Crippen molar-refractivity contribution in [1.82, 2.24) is 15.1 Å². The van der Waals surface area contributed by atoms with Crippen molar-refractivity contribution < 1.29 is 33.9 Å². The summed E-state index contributed by atoms with van der Waals surface area (Å²) in [7, 11) is 0. The molecular weight excluding hydrogens is 512 g/mol. The predicted molar refractivity (Wildman–Crippen MR) is 143 cm³/mol. The highest BCUT2D eigenvalue weighted by Crippen LogP contribution is 2.36. The van der Waals surface area contributed by atoms with Crippen LogP contribution < -0.4 is 21.1 Å². The first-order valence-electron chi connectivity index (χ1n) is 12.1. The van der Waals surface area contributed by atoms with Crippen molar-refractivity contribution >= 4 is 29.5 Å². The molecule has 0 bridgehead atoms. The van der Waals surface area contributed by atoms with Crippen molar-refractivity contribution in [1.29, 1.82) is 0 Å². The minimum absolute atomic E-state index is 0.0302. The van der Waals surface area contributed by atoms with Gasteiger partial charge < -0.3 is 35.8 Å². The van der Waals surface area contributed by atoms with E-state index in [4.69, 9.17) is 20.3 Å². The molecule has 0 atom stereocenters. The van der Waals surface area contributed by atoms with Crippen molar-refractivity contribution in [2.24, 2.45) is 5.73 Å². The number of carboxylic acid groups (broad SMARTS) is 1. The van der Waals surface area contributed by atoms with Crippen LogP contribution in [0, 0.1) is 22.0 Å². The molecule has 14 heteroatoms. The van der Waals surface area contributed by atoms with E-state index in [1.54, 1.807) is 32.9 Å². The SMILES string of the molecule is CC(C)(C)OC(=O)NC/C=C/CNc1c(OCC#CCN2CCN(C(=O)O)CC2)cc(C(N)=O)cc1[N+](=O)[O-]. The number of piperazine rings is 1. The molecule has 1 aromatic carbocycles. The number of carbonyl (C=O) groups excluding carboxylic acids is 2. The number of carbonyl (C=O) groups is 3. The van der Waals surface area contributed by atoms with Crippen molar-refractivity contribution in [3.05, 3.63) is 40.0 Å². The Kier molecular flexibility index (Phi) is 11.4. The number of nitrogens with two attached hydrogens (primary N) is 1. The molecule has 0 saturated carbocycles. The number of alkyl carbamates (subject to hydrolysis) is 1. The van der Waals surface area contributed by atoms with Gasteiger partial charge in [0.2, 0.25) is 5.91 Å². The Balaban J connectivity index is 2.01. The average Bonchev–Trinajstić information content (AvgIpc) is 2.85. The lowest BCUT2D eigenvalue weighted by Crippen LogP contribution is -2.48. The number of hydrogen-bond acceptors (Lipinski definition) is 9. The molecule has 1 aliphatic rings. The van der Waals surface area contributed by atoms with Gasteiger partial charge >= 0.3 is 12.2 Å². The van der Waals surface area contributed by atoms with Gasteiger partial charge in [-0.1, -0.05) is 24.0 Å². The van der Waals surface area contributed by atoms with Crippen LogP contribution in [0.4, 0.5) is 21.0 Å². The van der Waals surface area contributed by atoms with Crippen LogP contribution in [-0.4, -0.2) is 95.9 Å². The molecular formula is C25H34N6O8. The standard InChI is InChI=1S/C25H34N6O8/c1-25(2,3)39-23(33)28-9-5-4-8-27-21-19(31(36)37)16-18(22(26)32)17-20(21)38-15-7-6-10-29-11-13-30(14-12-29)24(34)35/h4-5,16-17,27H,8-15H2,1-3H3,(H2,26,32)(H,28,33)(H,34,35)/b5-4+. The number of anilines is 1. The highest BCUT2D eigenvalue weighted by Gasteiger charge is 2.23. The van der Waals surface area contributed by atoms with Crippen molar-refractivity contribution in [3.8, 4) is 17.6 Å². The molecule has 1 fully saturated rings. The van der Waals surface area contributed by atoms with Crippen LogP contribution in [0.5, 0.6) is 5.75 Å². The Morgan fingerprint density at radius 1 is 1.15 bits per heavy atom. The minimum atomic E-state index is -0.946. The Morgan fingerprint density at radius 3 is 2.41 bits per heavy atom. The maximum absolute atomic E-state index is 11.7. The molecule has 212 valence electrons. The van der Waals surface area contributed by atoms with E-state index in [2.05, 4.69) is 22.5 Å². The Labute approximate surface area is 226 Å². The lowest BCUT2D eigenvalue weighted by molar-refractivity contribution is -0.384. The molecule has 39 heavy (non-hydrogen) atoms. The van der Waals surface area contributed by atoms with Gasteiger partial charge in [0.05, 0.1) is 11.5 Å². The monoisotopic (exact) mass is 546 g/mol. The Hall–Kier alpha value is -4.51. The molecule has 0 radical (unpaired) electrons. The fraction of sp³-hybridized carbons (Fsp3) is 0.480. The van der Waals surface area contributed by atoms with Crippen molar-refractivity contribution in [3.63, 3.8) is 0 Å². The van der Waals surface area contributed by atoms with Gasteiger partial charge in [-0.15, -0.1) is 0 Å². The second-order valence-corrected chi connectivity index (χ2v) is 9.41. The zero-order chi connectivity index (χ0) is 29.0. The largest absolute Gasteiger partial charge is 0.478 e. The number of benzene rings is 1. The van der Waals surface area contributed by atoms with Crippen LogP contribution in [0.25, 0.3) is 0 Å². The third-order valence-corrected chi connectivity index (χ3v) is 5.26. The number of nitrogens with zero attached hydrogens (tertiary/aromatic N) is 3. The zero-order valence-corrected chi connectivity index (χ0v) is 22.2. The van der Waals surface area contributed by atoms with E-state index in [0.717, 1.165) is 6.07 Å². The fourth-order valence-electron chi connectivity index (χ4n) is 3.39. The third kappa shape index (κ3) is 10.8. The lowest BCUT2D eigenvalue weighted by atomic mass is 10.1. The summed E-state index contributed by atoms with van der Waals surface area (Å²) in [4.78, 5) is 48.8. The zero-order valence-electron chi connectivity index (χ0n) is 22.2. The summed E-state index contributed by atoms with van der Waals surface area (Å²) in [5.41, 5.74) is 4.27. The van der Waals surface area contributed by atoms with Gasteiger partial charge in [0.25, 0.3) is 5.69 Å². The number of amides is 3. The van der Waals surface area contributed by atoms with E-state index < -0.39 is 34.3 Å². The van der Waals surface area contributed by atoms with E-state index in [-0.39, 0.29) is 36.7 Å². The van der Waals surface area contributed by atoms with E-state index in [0.29, 0.717) is 32.7 Å². The van der Waals surface area contributed by atoms with E-state index in [1.165, 1.54) is 11.0 Å². The lowest BCUT2D eigenvalue weighted by Gasteiger charge is -2.31. The van der Waals surface area contributed by atoms with Crippen LogP contribution in [0.15, 0.2) is 24.3 Å². The number of primary amides is 1. The highest BCUT2D eigenvalue weighted by molar-refractivity contribution is 5.95. The second-order valence-electron chi connectivity index (χ2n) is 9.41. The van der Waals surface area contributed by atoms with Crippen LogP contribution >= 0.6 is 0 Å². The van der Waals surface area contributed by atoms with Crippen LogP contribution in [-0.2, 0) is 4.74 Å². The number of ether oxygens (including phenoxy) is 2. The first-order valence-corrected chi connectivity index (χ1v) is 12.1. The first kappa shape index (κ1) is 30.7. The van der Waals surface area contributed by atoms with Gasteiger partial charge in [0.15, 0.2) is 11.4 Å². The molecule has 0 unspecified atom stereocenters. The molecule has 2 rings (SSSR count). The smallest absolute Gasteiger partial charge is 0.407 e. The van der Waals surface area contributed by atoms with E-state index in [9.17, 15) is 24.5 Å². The number of nitro benzene ring substituents is 1. The molecule has 1 heterocycles. The topological polar surface area (TPSA) is 190 Å². The molecule has 5 N–H and O–H groups in total. The number of hydrogen-bond donors (Lipinski definition) is 4. The minimum Gasteiger partial charge on any atom is -0.478 e. The molecule has 1 aliphatic heterocycles. The van der Waals surface area contributed by atoms with Gasteiger partial charge in [0, 0.05) is 50.9 Å². The van der Waals surface area contributed by atoms with E-state index >= 15 is 0 Å². The normalized spacial score (nSPS) is 13.8. The molecule has 0 aliphatic carbocycles. The van der Waals surface area contributed by atoms with Gasteiger partial charge in [0.1, 0.15) is 12.2 Å².